The molecular formula is C13H18N2O3. The van der Waals surface area contributed by atoms with Gasteiger partial charge in [-0.05, 0) is 30.9 Å². The van der Waals surface area contributed by atoms with E-state index in [0.717, 1.165) is 13.0 Å². The minimum atomic E-state index is -0.371. The van der Waals surface area contributed by atoms with Gasteiger partial charge in [0.15, 0.2) is 0 Å². The van der Waals surface area contributed by atoms with E-state index in [-0.39, 0.29) is 17.2 Å². The van der Waals surface area contributed by atoms with Gasteiger partial charge in [-0.2, -0.15) is 0 Å². The fourth-order valence-corrected chi connectivity index (χ4v) is 2.69. The zero-order chi connectivity index (χ0) is 13.3. The average molecular weight is 250 g/mol. The summed E-state index contributed by atoms with van der Waals surface area (Å²) in [5.74, 6) is 0.553. The van der Waals surface area contributed by atoms with Crippen molar-refractivity contribution in [2.75, 3.05) is 11.4 Å². The van der Waals surface area contributed by atoms with Crippen LogP contribution in [-0.4, -0.2) is 22.6 Å². The molecule has 1 N–H and O–H groups in total. The number of benzene rings is 1. The third-order valence-electron chi connectivity index (χ3n) is 3.51. The van der Waals surface area contributed by atoms with Gasteiger partial charge in [0.1, 0.15) is 5.69 Å². The fourth-order valence-electron chi connectivity index (χ4n) is 2.69. The molecule has 0 radical (unpaired) electrons. The van der Waals surface area contributed by atoms with Gasteiger partial charge in [0, 0.05) is 18.7 Å². The lowest BCUT2D eigenvalue weighted by Crippen LogP contribution is -2.27. The largest absolute Gasteiger partial charge is 0.392 e. The van der Waals surface area contributed by atoms with Gasteiger partial charge in [-0.15, -0.1) is 0 Å². The molecule has 2 atom stereocenters. The first kappa shape index (κ1) is 12.8. The molecule has 0 spiro atoms. The molecule has 2 rings (SSSR count). The lowest BCUT2D eigenvalue weighted by Gasteiger charge is -2.23. The summed E-state index contributed by atoms with van der Waals surface area (Å²) >= 11 is 0. The minimum absolute atomic E-state index is 0.0856. The normalized spacial score (nSPS) is 23.4. The van der Waals surface area contributed by atoms with Crippen molar-refractivity contribution in [3.63, 3.8) is 0 Å². The van der Waals surface area contributed by atoms with E-state index >= 15 is 0 Å². The Hall–Kier alpha value is -1.62. The van der Waals surface area contributed by atoms with Crippen molar-refractivity contribution in [2.24, 2.45) is 5.92 Å². The van der Waals surface area contributed by atoms with Crippen molar-refractivity contribution in [2.45, 2.75) is 32.9 Å². The number of aliphatic hydroxyl groups excluding tert-OH is 1. The van der Waals surface area contributed by atoms with E-state index in [2.05, 4.69) is 18.7 Å². The van der Waals surface area contributed by atoms with Crippen LogP contribution in [0, 0.1) is 16.0 Å². The Balaban J connectivity index is 2.41. The van der Waals surface area contributed by atoms with Crippen molar-refractivity contribution < 1.29 is 10.0 Å². The molecule has 5 nitrogen and oxygen atoms in total. The quantitative estimate of drug-likeness (QED) is 0.660. The number of nitrogens with zero attached hydrogens (tertiary/aromatic N) is 2. The topological polar surface area (TPSA) is 66.6 Å². The molecule has 5 heteroatoms. The lowest BCUT2D eigenvalue weighted by atomic mass is 10.1. The zero-order valence-corrected chi connectivity index (χ0v) is 10.7. The second-order valence-corrected chi connectivity index (χ2v) is 5.08. The number of hydrogen-bond donors (Lipinski definition) is 1. The summed E-state index contributed by atoms with van der Waals surface area (Å²) in [5, 5.41) is 20.2. The standard InChI is InChI=1S/C13H18N2O3/c1-9-5-10(2)14(7-9)12-4-3-11(8-16)6-13(12)15(17)18/h3-4,6,9-10,16H,5,7-8H2,1-2H3. The summed E-state index contributed by atoms with van der Waals surface area (Å²) in [5.41, 5.74) is 1.32. The third kappa shape index (κ3) is 2.31. The summed E-state index contributed by atoms with van der Waals surface area (Å²) in [6.45, 7) is 4.92. The highest BCUT2D eigenvalue weighted by Gasteiger charge is 2.30. The highest BCUT2D eigenvalue weighted by atomic mass is 16.6. The lowest BCUT2D eigenvalue weighted by molar-refractivity contribution is -0.384. The Labute approximate surface area is 106 Å². The molecule has 0 aliphatic carbocycles. The van der Waals surface area contributed by atoms with Gasteiger partial charge in [-0.25, -0.2) is 0 Å². The van der Waals surface area contributed by atoms with E-state index in [0.29, 0.717) is 23.2 Å². The molecule has 1 aliphatic heterocycles. The SMILES string of the molecule is CC1CC(C)N(c2ccc(CO)cc2[N+](=O)[O-])C1. The summed E-state index contributed by atoms with van der Waals surface area (Å²) in [6.07, 6.45) is 1.05. The molecule has 1 saturated heterocycles. The molecule has 1 aromatic carbocycles. The van der Waals surface area contributed by atoms with E-state index in [4.69, 9.17) is 5.11 Å². The molecule has 18 heavy (non-hydrogen) atoms. The van der Waals surface area contributed by atoms with Crippen molar-refractivity contribution >= 4 is 11.4 Å². The Morgan fingerprint density at radius 3 is 2.72 bits per heavy atom. The number of anilines is 1. The molecule has 1 fully saturated rings. The monoisotopic (exact) mass is 250 g/mol. The number of aliphatic hydroxyl groups is 1. The van der Waals surface area contributed by atoms with Gasteiger partial charge in [-0.3, -0.25) is 10.1 Å². The summed E-state index contributed by atoms with van der Waals surface area (Å²) in [6, 6.07) is 5.28. The molecule has 98 valence electrons. The molecule has 0 aromatic heterocycles. The predicted molar refractivity (Wildman–Crippen MR) is 69.6 cm³/mol. The van der Waals surface area contributed by atoms with Gasteiger partial charge >= 0.3 is 0 Å². The van der Waals surface area contributed by atoms with Crippen molar-refractivity contribution in [3.8, 4) is 0 Å². The third-order valence-corrected chi connectivity index (χ3v) is 3.51. The Bertz CT molecular complexity index is 462. The minimum Gasteiger partial charge on any atom is -0.392 e. The molecule has 1 heterocycles. The molecular weight excluding hydrogens is 232 g/mol. The van der Waals surface area contributed by atoms with Crippen molar-refractivity contribution in [1.82, 2.24) is 0 Å². The smallest absolute Gasteiger partial charge is 0.292 e. The maximum Gasteiger partial charge on any atom is 0.292 e. The Morgan fingerprint density at radius 1 is 1.50 bits per heavy atom. The van der Waals surface area contributed by atoms with Crippen LogP contribution in [0.15, 0.2) is 18.2 Å². The number of nitro benzene ring substituents is 1. The summed E-state index contributed by atoms with van der Waals surface area (Å²) in [7, 11) is 0. The maximum absolute atomic E-state index is 11.1. The second kappa shape index (κ2) is 4.94. The van der Waals surface area contributed by atoms with Crippen molar-refractivity contribution in [3.05, 3.63) is 33.9 Å². The summed E-state index contributed by atoms with van der Waals surface area (Å²) in [4.78, 5) is 12.8. The first-order chi connectivity index (χ1) is 8.52. The molecule has 0 amide bonds. The average Bonchev–Trinajstić information content (AvgIpc) is 2.67. The van der Waals surface area contributed by atoms with E-state index in [1.165, 1.54) is 6.07 Å². The van der Waals surface area contributed by atoms with E-state index < -0.39 is 0 Å². The predicted octanol–water partition coefficient (Wildman–Crippen LogP) is 2.32. The second-order valence-electron chi connectivity index (χ2n) is 5.08. The zero-order valence-electron chi connectivity index (χ0n) is 10.7. The number of nitro groups is 1. The van der Waals surface area contributed by atoms with Gasteiger partial charge in [-0.1, -0.05) is 13.0 Å². The Kier molecular flexibility index (Phi) is 3.52. The van der Waals surface area contributed by atoms with E-state index in [1.807, 2.05) is 0 Å². The van der Waals surface area contributed by atoms with Crippen molar-refractivity contribution in [1.29, 1.82) is 0 Å². The van der Waals surface area contributed by atoms with Gasteiger partial charge in [0.05, 0.1) is 11.5 Å². The van der Waals surface area contributed by atoms with Gasteiger partial charge in [0.25, 0.3) is 5.69 Å². The van der Waals surface area contributed by atoms with Crippen LogP contribution in [-0.2, 0) is 6.61 Å². The highest BCUT2D eigenvalue weighted by Crippen LogP contribution is 2.35. The van der Waals surface area contributed by atoms with E-state index in [9.17, 15) is 10.1 Å². The molecule has 0 bridgehead atoms. The summed E-state index contributed by atoms with van der Waals surface area (Å²) < 4.78 is 0. The maximum atomic E-state index is 11.1. The van der Waals surface area contributed by atoms with Crippen LogP contribution in [0.5, 0.6) is 0 Å². The van der Waals surface area contributed by atoms with Crippen LogP contribution in [0.2, 0.25) is 0 Å². The first-order valence-electron chi connectivity index (χ1n) is 6.17. The van der Waals surface area contributed by atoms with Crippen LogP contribution < -0.4 is 4.90 Å². The number of hydrogen-bond acceptors (Lipinski definition) is 4. The van der Waals surface area contributed by atoms with Crippen LogP contribution in [0.25, 0.3) is 0 Å². The van der Waals surface area contributed by atoms with Gasteiger partial charge in [0.2, 0.25) is 0 Å². The van der Waals surface area contributed by atoms with Crippen LogP contribution in [0.3, 0.4) is 0 Å². The van der Waals surface area contributed by atoms with Crippen LogP contribution in [0.4, 0.5) is 11.4 Å². The fraction of sp³-hybridized carbons (Fsp3) is 0.538. The Morgan fingerprint density at radius 2 is 2.22 bits per heavy atom. The van der Waals surface area contributed by atoms with Crippen LogP contribution in [0.1, 0.15) is 25.8 Å². The highest BCUT2D eigenvalue weighted by molar-refractivity contribution is 5.65. The van der Waals surface area contributed by atoms with Gasteiger partial charge < -0.3 is 10.0 Å². The number of rotatable bonds is 3. The molecule has 0 saturated carbocycles. The first-order valence-corrected chi connectivity index (χ1v) is 6.17. The molecule has 2 unspecified atom stereocenters. The molecule has 1 aromatic rings. The van der Waals surface area contributed by atoms with Crippen LogP contribution >= 0.6 is 0 Å². The van der Waals surface area contributed by atoms with E-state index in [1.54, 1.807) is 12.1 Å². The molecule has 1 aliphatic rings.